The van der Waals surface area contributed by atoms with Gasteiger partial charge in [-0.25, -0.2) is 4.39 Å². The van der Waals surface area contributed by atoms with Crippen molar-refractivity contribution in [3.8, 4) is 11.5 Å². The molecule has 0 N–H and O–H groups in total. The van der Waals surface area contributed by atoms with Crippen LogP contribution in [0.1, 0.15) is 0 Å². The summed E-state index contributed by atoms with van der Waals surface area (Å²) in [4.78, 5) is 0. The third-order valence-corrected chi connectivity index (χ3v) is 2.57. The van der Waals surface area contributed by atoms with Gasteiger partial charge in [-0.2, -0.15) is 0 Å². The Labute approximate surface area is 102 Å². The highest BCUT2D eigenvalue weighted by Crippen LogP contribution is 2.33. The zero-order valence-electron chi connectivity index (χ0n) is 8.08. The van der Waals surface area contributed by atoms with Crippen LogP contribution in [0.2, 0.25) is 10.0 Å². The number of ether oxygens (including phenoxy) is 1. The van der Waals surface area contributed by atoms with Gasteiger partial charge in [-0.15, -0.1) is 0 Å². The second-order valence-corrected chi connectivity index (χ2v) is 3.92. The van der Waals surface area contributed by atoms with E-state index in [1.165, 1.54) is 18.2 Å². The maximum absolute atomic E-state index is 13.0. The second-order valence-electron chi connectivity index (χ2n) is 3.11. The summed E-state index contributed by atoms with van der Waals surface area (Å²) in [6, 6.07) is 10.8. The van der Waals surface area contributed by atoms with Gasteiger partial charge in [0, 0.05) is 6.07 Å². The average Bonchev–Trinajstić information content (AvgIpc) is 2.27. The van der Waals surface area contributed by atoms with Crippen LogP contribution in [0.3, 0.4) is 0 Å². The summed E-state index contributed by atoms with van der Waals surface area (Å²) in [5, 5.41) is 0.782. The molecule has 0 saturated carbocycles. The quantitative estimate of drug-likeness (QED) is 0.741. The summed E-state index contributed by atoms with van der Waals surface area (Å²) in [6.07, 6.45) is 0. The first-order valence-electron chi connectivity index (χ1n) is 4.54. The molecule has 0 bridgehead atoms. The molecule has 16 heavy (non-hydrogen) atoms. The highest BCUT2D eigenvalue weighted by molar-refractivity contribution is 6.32. The maximum Gasteiger partial charge on any atom is 0.149 e. The van der Waals surface area contributed by atoms with Gasteiger partial charge in [0.2, 0.25) is 0 Å². The molecule has 2 rings (SSSR count). The van der Waals surface area contributed by atoms with Crippen molar-refractivity contribution in [3.05, 3.63) is 58.3 Å². The standard InChI is InChI=1S/C12H7Cl2FO/c13-9-3-1-2-4-11(9)16-12-7-8(15)5-6-10(12)14/h1-7H. The second kappa shape index (κ2) is 4.73. The summed E-state index contributed by atoms with van der Waals surface area (Å²) in [7, 11) is 0. The van der Waals surface area contributed by atoms with Gasteiger partial charge >= 0.3 is 0 Å². The third kappa shape index (κ3) is 2.46. The largest absolute Gasteiger partial charge is 0.454 e. The van der Waals surface area contributed by atoms with Crippen molar-refractivity contribution in [1.82, 2.24) is 0 Å². The first-order valence-corrected chi connectivity index (χ1v) is 5.30. The summed E-state index contributed by atoms with van der Waals surface area (Å²) in [5.74, 6) is 0.276. The van der Waals surface area contributed by atoms with E-state index in [1.54, 1.807) is 24.3 Å². The van der Waals surface area contributed by atoms with Gasteiger partial charge in [-0.05, 0) is 24.3 Å². The van der Waals surface area contributed by atoms with E-state index in [4.69, 9.17) is 27.9 Å². The Morgan fingerprint density at radius 3 is 2.31 bits per heavy atom. The lowest BCUT2D eigenvalue weighted by atomic mass is 10.3. The summed E-state index contributed by atoms with van der Waals surface area (Å²) < 4.78 is 18.4. The molecule has 1 nitrogen and oxygen atoms in total. The van der Waals surface area contributed by atoms with Crippen LogP contribution in [0.25, 0.3) is 0 Å². The van der Waals surface area contributed by atoms with E-state index in [0.717, 1.165) is 0 Å². The number of benzene rings is 2. The molecule has 2 aromatic carbocycles. The van der Waals surface area contributed by atoms with Crippen LogP contribution in [0, 0.1) is 5.82 Å². The van der Waals surface area contributed by atoms with Gasteiger partial charge in [0.25, 0.3) is 0 Å². The zero-order chi connectivity index (χ0) is 11.5. The first kappa shape index (κ1) is 11.2. The zero-order valence-corrected chi connectivity index (χ0v) is 9.60. The fourth-order valence-corrected chi connectivity index (χ4v) is 1.53. The molecule has 0 fully saturated rings. The molecule has 0 atom stereocenters. The van der Waals surface area contributed by atoms with E-state index >= 15 is 0 Å². The van der Waals surface area contributed by atoms with E-state index in [2.05, 4.69) is 0 Å². The minimum Gasteiger partial charge on any atom is -0.454 e. The van der Waals surface area contributed by atoms with E-state index in [0.29, 0.717) is 15.8 Å². The van der Waals surface area contributed by atoms with Crippen molar-refractivity contribution in [2.45, 2.75) is 0 Å². The molecule has 0 aliphatic rings. The summed E-state index contributed by atoms with van der Waals surface area (Å²) in [6.45, 7) is 0. The highest BCUT2D eigenvalue weighted by Gasteiger charge is 2.06. The Hall–Kier alpha value is -1.25. The molecule has 4 heteroatoms. The molecule has 0 aliphatic carbocycles. The minimum absolute atomic E-state index is 0.245. The van der Waals surface area contributed by atoms with Crippen molar-refractivity contribution in [2.24, 2.45) is 0 Å². The minimum atomic E-state index is -0.411. The molecule has 0 heterocycles. The number of halogens is 3. The van der Waals surface area contributed by atoms with Crippen LogP contribution in [0.5, 0.6) is 11.5 Å². The lowest BCUT2D eigenvalue weighted by molar-refractivity contribution is 0.477. The van der Waals surface area contributed by atoms with Crippen LogP contribution >= 0.6 is 23.2 Å². The maximum atomic E-state index is 13.0. The Kier molecular flexibility index (Phi) is 3.32. The average molecular weight is 257 g/mol. The van der Waals surface area contributed by atoms with Crippen molar-refractivity contribution < 1.29 is 9.13 Å². The van der Waals surface area contributed by atoms with E-state index in [9.17, 15) is 4.39 Å². The topological polar surface area (TPSA) is 9.23 Å². The highest BCUT2D eigenvalue weighted by atomic mass is 35.5. The number of para-hydroxylation sites is 1. The predicted molar refractivity (Wildman–Crippen MR) is 62.9 cm³/mol. The van der Waals surface area contributed by atoms with E-state index in [-0.39, 0.29) is 5.75 Å². The Bertz CT molecular complexity index is 514. The smallest absolute Gasteiger partial charge is 0.149 e. The fraction of sp³-hybridized carbons (Fsp3) is 0. The molecule has 2 aromatic rings. The SMILES string of the molecule is Fc1ccc(Cl)c(Oc2ccccc2Cl)c1. The molecule has 0 amide bonds. The molecule has 0 aliphatic heterocycles. The molecule has 0 aromatic heterocycles. The van der Waals surface area contributed by atoms with Crippen LogP contribution < -0.4 is 4.74 Å². The first-order chi connectivity index (χ1) is 7.66. The molecular weight excluding hydrogens is 250 g/mol. The number of hydrogen-bond acceptors (Lipinski definition) is 1. The number of hydrogen-bond donors (Lipinski definition) is 0. The fourth-order valence-electron chi connectivity index (χ4n) is 1.20. The Morgan fingerprint density at radius 2 is 1.56 bits per heavy atom. The van der Waals surface area contributed by atoms with Crippen molar-refractivity contribution >= 4 is 23.2 Å². The molecule has 0 saturated heterocycles. The van der Waals surface area contributed by atoms with Crippen molar-refractivity contribution in [3.63, 3.8) is 0 Å². The third-order valence-electron chi connectivity index (χ3n) is 1.95. The molecule has 82 valence electrons. The normalized spacial score (nSPS) is 10.2. The monoisotopic (exact) mass is 256 g/mol. The predicted octanol–water partition coefficient (Wildman–Crippen LogP) is 4.92. The lowest BCUT2D eigenvalue weighted by Crippen LogP contribution is -1.87. The Morgan fingerprint density at radius 1 is 0.875 bits per heavy atom. The molecule has 0 radical (unpaired) electrons. The summed E-state index contributed by atoms with van der Waals surface area (Å²) in [5.41, 5.74) is 0. The van der Waals surface area contributed by atoms with E-state index in [1.807, 2.05) is 0 Å². The van der Waals surface area contributed by atoms with E-state index < -0.39 is 5.82 Å². The van der Waals surface area contributed by atoms with Gasteiger partial charge in [-0.1, -0.05) is 35.3 Å². The molecule has 0 unspecified atom stereocenters. The van der Waals surface area contributed by atoms with Crippen LogP contribution in [-0.2, 0) is 0 Å². The van der Waals surface area contributed by atoms with Gasteiger partial charge < -0.3 is 4.74 Å². The van der Waals surface area contributed by atoms with Crippen LogP contribution in [0.15, 0.2) is 42.5 Å². The van der Waals surface area contributed by atoms with Crippen molar-refractivity contribution in [2.75, 3.05) is 0 Å². The van der Waals surface area contributed by atoms with Gasteiger partial charge in [0.1, 0.15) is 17.3 Å². The van der Waals surface area contributed by atoms with Crippen molar-refractivity contribution in [1.29, 1.82) is 0 Å². The van der Waals surface area contributed by atoms with Crippen LogP contribution in [0.4, 0.5) is 4.39 Å². The van der Waals surface area contributed by atoms with Gasteiger partial charge in [0.05, 0.1) is 10.0 Å². The number of rotatable bonds is 2. The Balaban J connectivity index is 2.34. The van der Waals surface area contributed by atoms with Gasteiger partial charge in [0.15, 0.2) is 0 Å². The summed E-state index contributed by atoms with van der Waals surface area (Å²) >= 11 is 11.8. The molecular formula is C12H7Cl2FO. The lowest BCUT2D eigenvalue weighted by Gasteiger charge is -2.08. The van der Waals surface area contributed by atoms with Crippen LogP contribution in [-0.4, -0.2) is 0 Å². The molecule has 0 spiro atoms. The van der Waals surface area contributed by atoms with Gasteiger partial charge in [-0.3, -0.25) is 0 Å².